The first kappa shape index (κ1) is 26.1. The van der Waals surface area contributed by atoms with Crippen molar-refractivity contribution in [2.24, 2.45) is 5.41 Å². The Morgan fingerprint density at radius 1 is 0.879 bits per heavy atom. The molecule has 2 rings (SSSR count). The average molecular weight is 474 g/mol. The number of amides is 3. The second kappa shape index (κ2) is 10.6. The molecule has 1 aromatic heterocycles. The summed E-state index contributed by atoms with van der Waals surface area (Å²) in [5, 5.41) is 8.54. The van der Waals surface area contributed by atoms with Crippen LogP contribution in [0.15, 0.2) is 18.2 Å². The number of carbonyl (C=O) groups is 4. The summed E-state index contributed by atoms with van der Waals surface area (Å²) in [6.07, 6.45) is 0. The molecule has 3 amide bonds. The van der Waals surface area contributed by atoms with Gasteiger partial charge in [-0.25, -0.2) is 4.79 Å². The van der Waals surface area contributed by atoms with Gasteiger partial charge in [0.05, 0.1) is 11.5 Å². The first-order valence-corrected chi connectivity index (χ1v) is 11.3. The fourth-order valence-electron chi connectivity index (χ4n) is 3.03. The Bertz CT molecular complexity index is 1060. The van der Waals surface area contributed by atoms with Gasteiger partial charge < -0.3 is 20.7 Å². The Morgan fingerprint density at radius 2 is 1.48 bits per heavy atom. The fraction of sp³-hybridized carbons (Fsp3) is 0.417. The lowest BCUT2D eigenvalue weighted by Crippen LogP contribution is -2.35. The number of rotatable bonds is 7. The number of aryl methyl sites for hydroxylation is 4. The summed E-state index contributed by atoms with van der Waals surface area (Å²) in [7, 11) is 0. The highest BCUT2D eigenvalue weighted by Crippen LogP contribution is 2.29. The SMILES string of the molecule is Cc1cc(C)c(NC(=O)CNC(=O)COC(=O)c2sc(NC(=O)C(C)(C)C)cc2C)c(C)c1. The maximum absolute atomic E-state index is 12.4. The summed E-state index contributed by atoms with van der Waals surface area (Å²) < 4.78 is 5.07. The highest BCUT2D eigenvalue weighted by molar-refractivity contribution is 7.18. The summed E-state index contributed by atoms with van der Waals surface area (Å²) >= 11 is 1.08. The standard InChI is InChI=1S/C24H31N3O5S/c1-13-8-14(2)20(15(3)9-13)26-17(28)11-25-18(29)12-32-22(30)21-16(4)10-19(33-21)27-23(31)24(5,6)7/h8-10H,11-12H2,1-7H3,(H,25,29)(H,26,28)(H,27,31). The van der Waals surface area contributed by atoms with Crippen LogP contribution in [0.4, 0.5) is 10.7 Å². The first-order chi connectivity index (χ1) is 15.3. The van der Waals surface area contributed by atoms with Crippen molar-refractivity contribution in [2.75, 3.05) is 23.8 Å². The van der Waals surface area contributed by atoms with Gasteiger partial charge in [0.15, 0.2) is 6.61 Å². The van der Waals surface area contributed by atoms with Crippen LogP contribution in [-0.4, -0.2) is 36.8 Å². The summed E-state index contributed by atoms with van der Waals surface area (Å²) in [4.78, 5) is 49.0. The van der Waals surface area contributed by atoms with Crippen LogP contribution >= 0.6 is 11.3 Å². The minimum absolute atomic E-state index is 0.169. The topological polar surface area (TPSA) is 114 Å². The number of anilines is 2. The number of esters is 1. The van der Waals surface area contributed by atoms with Crippen LogP contribution in [0.3, 0.4) is 0 Å². The van der Waals surface area contributed by atoms with Gasteiger partial charge in [-0.1, -0.05) is 38.5 Å². The van der Waals surface area contributed by atoms with Gasteiger partial charge in [-0.05, 0) is 50.5 Å². The highest BCUT2D eigenvalue weighted by atomic mass is 32.1. The number of nitrogens with one attached hydrogen (secondary N) is 3. The molecular formula is C24H31N3O5S. The summed E-state index contributed by atoms with van der Waals surface area (Å²) in [6, 6.07) is 5.62. The molecule has 0 aliphatic carbocycles. The Labute approximate surface area is 198 Å². The molecule has 178 valence electrons. The molecule has 0 aliphatic heterocycles. The van der Waals surface area contributed by atoms with E-state index >= 15 is 0 Å². The predicted octanol–water partition coefficient (Wildman–Crippen LogP) is 3.88. The Kier molecular flexibility index (Phi) is 8.38. The largest absolute Gasteiger partial charge is 0.451 e. The van der Waals surface area contributed by atoms with Crippen LogP contribution in [0, 0.1) is 33.1 Å². The number of thiophene rings is 1. The van der Waals surface area contributed by atoms with Crippen molar-refractivity contribution in [1.29, 1.82) is 0 Å². The van der Waals surface area contributed by atoms with Crippen LogP contribution in [0.5, 0.6) is 0 Å². The Hall–Kier alpha value is -3.20. The number of benzene rings is 1. The molecule has 0 spiro atoms. The van der Waals surface area contributed by atoms with Crippen molar-refractivity contribution >= 4 is 45.7 Å². The normalized spacial score (nSPS) is 11.0. The van der Waals surface area contributed by atoms with Crippen LogP contribution in [0.25, 0.3) is 0 Å². The van der Waals surface area contributed by atoms with Crippen molar-refractivity contribution in [3.05, 3.63) is 45.3 Å². The van der Waals surface area contributed by atoms with Gasteiger partial charge in [0.2, 0.25) is 11.8 Å². The molecule has 0 radical (unpaired) electrons. The third kappa shape index (κ3) is 7.42. The number of ether oxygens (including phenoxy) is 1. The summed E-state index contributed by atoms with van der Waals surface area (Å²) in [6.45, 7) is 12.1. The van der Waals surface area contributed by atoms with E-state index in [1.54, 1.807) is 33.8 Å². The Balaban J connectivity index is 1.84. The highest BCUT2D eigenvalue weighted by Gasteiger charge is 2.23. The zero-order valence-corrected chi connectivity index (χ0v) is 20.9. The van der Waals surface area contributed by atoms with E-state index in [0.29, 0.717) is 21.1 Å². The van der Waals surface area contributed by atoms with Crippen LogP contribution in [0.1, 0.15) is 52.7 Å². The molecule has 8 nitrogen and oxygen atoms in total. The second-order valence-electron chi connectivity index (χ2n) is 9.00. The van der Waals surface area contributed by atoms with Crippen LogP contribution in [0.2, 0.25) is 0 Å². The van der Waals surface area contributed by atoms with E-state index in [1.807, 2.05) is 32.9 Å². The maximum Gasteiger partial charge on any atom is 0.349 e. The van der Waals surface area contributed by atoms with Crippen molar-refractivity contribution in [2.45, 2.75) is 48.5 Å². The molecule has 1 heterocycles. The summed E-state index contributed by atoms with van der Waals surface area (Å²) in [5.41, 5.74) is 3.75. The smallest absolute Gasteiger partial charge is 0.349 e. The molecule has 3 N–H and O–H groups in total. The molecule has 2 aromatic rings. The lowest BCUT2D eigenvalue weighted by molar-refractivity contribution is -0.126. The molecule has 0 fully saturated rings. The summed E-state index contributed by atoms with van der Waals surface area (Å²) in [5.74, 6) is -1.80. The molecule has 0 unspecified atom stereocenters. The number of carbonyl (C=O) groups excluding carboxylic acids is 4. The lowest BCUT2D eigenvalue weighted by Gasteiger charge is -2.16. The van der Waals surface area contributed by atoms with Crippen molar-refractivity contribution < 1.29 is 23.9 Å². The average Bonchev–Trinajstić information content (AvgIpc) is 3.06. The molecular weight excluding hydrogens is 442 g/mol. The number of hydrogen-bond acceptors (Lipinski definition) is 6. The molecule has 0 bridgehead atoms. The van der Waals surface area contributed by atoms with Gasteiger partial charge in [0.1, 0.15) is 4.88 Å². The number of hydrogen-bond donors (Lipinski definition) is 3. The first-order valence-electron chi connectivity index (χ1n) is 10.5. The molecule has 9 heteroatoms. The van der Waals surface area contributed by atoms with Gasteiger partial charge in [0.25, 0.3) is 5.91 Å². The van der Waals surface area contributed by atoms with Crippen molar-refractivity contribution in [3.63, 3.8) is 0 Å². The monoisotopic (exact) mass is 473 g/mol. The van der Waals surface area contributed by atoms with Crippen LogP contribution < -0.4 is 16.0 Å². The van der Waals surface area contributed by atoms with E-state index in [9.17, 15) is 19.2 Å². The zero-order valence-electron chi connectivity index (χ0n) is 20.1. The van der Waals surface area contributed by atoms with E-state index in [0.717, 1.165) is 28.0 Å². The molecule has 0 atom stereocenters. The van der Waals surface area contributed by atoms with E-state index < -0.39 is 23.9 Å². The molecule has 0 saturated heterocycles. The minimum Gasteiger partial charge on any atom is -0.451 e. The zero-order chi connectivity index (χ0) is 24.9. The van der Waals surface area contributed by atoms with E-state index in [4.69, 9.17) is 4.74 Å². The predicted molar refractivity (Wildman–Crippen MR) is 130 cm³/mol. The van der Waals surface area contributed by atoms with Gasteiger partial charge in [-0.3, -0.25) is 14.4 Å². The molecule has 0 aliphatic rings. The third-order valence-electron chi connectivity index (χ3n) is 4.74. The van der Waals surface area contributed by atoms with Gasteiger partial charge >= 0.3 is 5.97 Å². The molecule has 1 aromatic carbocycles. The third-order valence-corrected chi connectivity index (χ3v) is 5.88. The van der Waals surface area contributed by atoms with Crippen molar-refractivity contribution in [3.8, 4) is 0 Å². The maximum atomic E-state index is 12.4. The van der Waals surface area contributed by atoms with E-state index in [-0.39, 0.29) is 18.4 Å². The van der Waals surface area contributed by atoms with Crippen LogP contribution in [-0.2, 0) is 19.1 Å². The van der Waals surface area contributed by atoms with Crippen molar-refractivity contribution in [1.82, 2.24) is 5.32 Å². The van der Waals surface area contributed by atoms with Gasteiger partial charge in [-0.15, -0.1) is 11.3 Å². The van der Waals surface area contributed by atoms with Gasteiger partial charge in [-0.2, -0.15) is 0 Å². The van der Waals surface area contributed by atoms with E-state index in [2.05, 4.69) is 16.0 Å². The Morgan fingerprint density at radius 3 is 2.06 bits per heavy atom. The molecule has 0 saturated carbocycles. The van der Waals surface area contributed by atoms with E-state index in [1.165, 1.54) is 0 Å². The second-order valence-corrected chi connectivity index (χ2v) is 10.1. The quantitative estimate of drug-likeness (QED) is 0.528. The fourth-order valence-corrected chi connectivity index (χ4v) is 3.99. The lowest BCUT2D eigenvalue weighted by atomic mass is 9.96. The molecule has 33 heavy (non-hydrogen) atoms. The minimum atomic E-state index is -0.667. The van der Waals surface area contributed by atoms with Gasteiger partial charge in [0, 0.05) is 11.1 Å².